The van der Waals surface area contributed by atoms with Crippen molar-refractivity contribution in [3.63, 3.8) is 0 Å². The van der Waals surface area contributed by atoms with Crippen molar-refractivity contribution in [3.05, 3.63) is 62.6 Å². The van der Waals surface area contributed by atoms with Gasteiger partial charge in [0.05, 0.1) is 38.5 Å². The number of esters is 2. The molecule has 2 aromatic carbocycles. The number of carbonyl (C=O) groups excluding carboxylic acids is 2. The lowest BCUT2D eigenvalue weighted by atomic mass is 9.44. The average molecular weight is 824 g/mol. The Morgan fingerprint density at radius 3 is 1.89 bits per heavy atom. The highest BCUT2D eigenvalue weighted by Gasteiger charge is 2.60. The summed E-state index contributed by atoms with van der Waals surface area (Å²) in [5.41, 5.74) is 3.59. The second-order valence-corrected chi connectivity index (χ2v) is 19.9. The lowest BCUT2D eigenvalue weighted by Gasteiger charge is -2.61. The molecule has 57 heavy (non-hydrogen) atoms. The topological polar surface area (TPSA) is 71.1 Å². The summed E-state index contributed by atoms with van der Waals surface area (Å²) in [6.45, 7) is 12.7. The quantitative estimate of drug-likeness (QED) is 0.177. The van der Waals surface area contributed by atoms with E-state index in [2.05, 4.69) is 40.7 Å². The molecule has 0 radical (unpaired) electrons. The second-order valence-electron chi connectivity index (χ2n) is 19.1. The molecule has 0 amide bonds. The van der Waals surface area contributed by atoms with Gasteiger partial charge in [0.2, 0.25) is 0 Å². The maximum Gasteiger partial charge on any atom is 0.341 e. The summed E-state index contributed by atoms with van der Waals surface area (Å²) in [4.78, 5) is 25.8. The predicted molar refractivity (Wildman–Crippen MR) is 232 cm³/mol. The van der Waals surface area contributed by atoms with Gasteiger partial charge in [-0.3, -0.25) is 0 Å². The molecular weight excluding hydrogens is 755 g/mol. The summed E-state index contributed by atoms with van der Waals surface area (Å²) in [6, 6.07) is 7.04. The molecule has 4 aliphatic rings. The Morgan fingerprint density at radius 2 is 1.33 bits per heavy atom. The third-order valence-electron chi connectivity index (χ3n) is 15.8. The minimum Gasteiger partial charge on any atom is -0.494 e. The van der Waals surface area contributed by atoms with Crippen molar-refractivity contribution in [2.24, 2.45) is 58.2 Å². The van der Waals surface area contributed by atoms with Crippen molar-refractivity contribution in [2.45, 2.75) is 125 Å². The van der Waals surface area contributed by atoms with Crippen LogP contribution < -0.4 is 9.47 Å². The standard InChI is InChI=1S/C49H68Cl2O6/c1-29(2)12-10-13-30(3)39-18-19-40-36-17-16-34-24-31(20-22-48(34,4)41(36)21-23-49(39,40)5)14-11-15-35(32-25-37(46(52)56-8)44(54-6)42(50)27-32)33-26-38(47(53)57-9)45(55-7)43(51)28-33/h15,25-31,34,36,39-41H,10-14,16-24H2,1-9H3/t30-,31-,34+,36-,39+,40-,41-,48-,49+/m0/s1. The normalized spacial score (nSPS) is 29.8. The maximum absolute atomic E-state index is 12.9. The Kier molecular flexibility index (Phi) is 14.1. The highest BCUT2D eigenvalue weighted by atomic mass is 35.5. The molecule has 0 aromatic heterocycles. The molecule has 2 aromatic rings. The van der Waals surface area contributed by atoms with Gasteiger partial charge in [-0.15, -0.1) is 0 Å². The zero-order valence-electron chi connectivity index (χ0n) is 36.1. The zero-order chi connectivity index (χ0) is 41.2. The van der Waals surface area contributed by atoms with Crippen LogP contribution in [0.2, 0.25) is 10.0 Å². The lowest BCUT2D eigenvalue weighted by molar-refractivity contribution is -0.121. The molecule has 9 atom stereocenters. The van der Waals surface area contributed by atoms with Gasteiger partial charge in [0.25, 0.3) is 0 Å². The molecule has 0 spiro atoms. The molecule has 4 aliphatic carbocycles. The Labute approximate surface area is 353 Å². The lowest BCUT2D eigenvalue weighted by Crippen LogP contribution is -2.53. The number of halogens is 2. The predicted octanol–water partition coefficient (Wildman–Crippen LogP) is 13.5. The molecule has 0 saturated heterocycles. The van der Waals surface area contributed by atoms with Crippen molar-refractivity contribution in [2.75, 3.05) is 28.4 Å². The Hall–Kier alpha value is -2.70. The van der Waals surface area contributed by atoms with Gasteiger partial charge in [-0.05, 0) is 170 Å². The van der Waals surface area contributed by atoms with Gasteiger partial charge in [-0.2, -0.15) is 0 Å². The molecule has 314 valence electrons. The molecule has 4 saturated carbocycles. The van der Waals surface area contributed by atoms with Gasteiger partial charge in [0.15, 0.2) is 11.5 Å². The van der Waals surface area contributed by atoms with E-state index < -0.39 is 11.9 Å². The summed E-state index contributed by atoms with van der Waals surface area (Å²) in [6.07, 6.45) is 20.7. The van der Waals surface area contributed by atoms with Gasteiger partial charge in [0.1, 0.15) is 11.1 Å². The SMILES string of the molecule is COC(=O)c1cc(C(=CCC[C@H]2CC[C@@]3(C)[C@H](CC[C@@H]4[C@@H]3CC[C@]3(C)[C@@H]([C@@H](C)CCCC(C)C)CC[C@@H]43)C2)c2cc(Cl)c(OC)c(C(=O)OC)c2)cc(Cl)c1OC. The van der Waals surface area contributed by atoms with Crippen LogP contribution in [0.15, 0.2) is 30.3 Å². The third-order valence-corrected chi connectivity index (χ3v) is 16.4. The van der Waals surface area contributed by atoms with E-state index >= 15 is 0 Å². The van der Waals surface area contributed by atoms with Crippen LogP contribution in [0.3, 0.4) is 0 Å². The van der Waals surface area contributed by atoms with Crippen LogP contribution >= 0.6 is 23.2 Å². The summed E-state index contributed by atoms with van der Waals surface area (Å²) >= 11 is 13.5. The molecule has 0 aliphatic heterocycles. The first-order valence-electron chi connectivity index (χ1n) is 21.8. The van der Waals surface area contributed by atoms with Gasteiger partial charge in [0, 0.05) is 0 Å². The number of hydrogen-bond acceptors (Lipinski definition) is 6. The summed E-state index contributed by atoms with van der Waals surface area (Å²) < 4.78 is 21.2. The fourth-order valence-corrected chi connectivity index (χ4v) is 13.5. The summed E-state index contributed by atoms with van der Waals surface area (Å²) in [5.74, 6) is 6.03. The molecule has 0 heterocycles. The van der Waals surface area contributed by atoms with Crippen molar-refractivity contribution >= 4 is 40.7 Å². The molecule has 4 fully saturated rings. The summed E-state index contributed by atoms with van der Waals surface area (Å²) in [7, 11) is 5.62. The minimum absolute atomic E-state index is 0.218. The summed E-state index contributed by atoms with van der Waals surface area (Å²) in [5, 5.41) is 0.562. The fourth-order valence-electron chi connectivity index (χ4n) is 12.9. The van der Waals surface area contributed by atoms with E-state index in [1.807, 2.05) is 0 Å². The van der Waals surface area contributed by atoms with Crippen molar-refractivity contribution in [1.82, 2.24) is 0 Å². The van der Waals surface area contributed by atoms with E-state index in [-0.39, 0.29) is 32.7 Å². The highest BCUT2D eigenvalue weighted by Crippen LogP contribution is 2.69. The average Bonchev–Trinajstić information content (AvgIpc) is 3.55. The first-order valence-corrected chi connectivity index (χ1v) is 22.6. The largest absolute Gasteiger partial charge is 0.494 e. The van der Waals surface area contributed by atoms with Crippen molar-refractivity contribution in [1.29, 1.82) is 0 Å². The smallest absolute Gasteiger partial charge is 0.341 e. The number of carbonyl (C=O) groups is 2. The van der Waals surface area contributed by atoms with E-state index in [4.69, 9.17) is 42.1 Å². The first kappa shape index (κ1) is 43.9. The van der Waals surface area contributed by atoms with Crippen LogP contribution in [-0.4, -0.2) is 40.4 Å². The monoisotopic (exact) mass is 822 g/mol. The van der Waals surface area contributed by atoms with E-state index in [0.29, 0.717) is 27.9 Å². The number of hydrogen-bond donors (Lipinski definition) is 0. The number of allylic oxidation sites excluding steroid dienone is 1. The molecule has 0 bridgehead atoms. The van der Waals surface area contributed by atoms with Gasteiger partial charge >= 0.3 is 11.9 Å². The van der Waals surface area contributed by atoms with Gasteiger partial charge in [-0.25, -0.2) is 9.59 Å². The van der Waals surface area contributed by atoms with E-state index in [1.54, 1.807) is 24.3 Å². The van der Waals surface area contributed by atoms with E-state index in [9.17, 15) is 9.59 Å². The van der Waals surface area contributed by atoms with Crippen LogP contribution in [0.25, 0.3) is 5.57 Å². The molecule has 0 N–H and O–H groups in total. The minimum atomic E-state index is -0.556. The number of benzene rings is 2. The van der Waals surface area contributed by atoms with Crippen LogP contribution in [-0.2, 0) is 9.47 Å². The van der Waals surface area contributed by atoms with E-state index in [1.165, 1.54) is 105 Å². The van der Waals surface area contributed by atoms with Crippen molar-refractivity contribution in [3.8, 4) is 11.5 Å². The Bertz CT molecular complexity index is 1730. The first-order chi connectivity index (χ1) is 27.2. The van der Waals surface area contributed by atoms with Crippen LogP contribution in [0.1, 0.15) is 156 Å². The molecular formula is C49H68Cl2O6. The third kappa shape index (κ3) is 8.66. The fraction of sp³-hybridized carbons (Fsp3) is 0.673. The van der Waals surface area contributed by atoms with E-state index in [0.717, 1.165) is 59.8 Å². The Balaban J connectivity index is 1.20. The molecule has 8 heteroatoms. The molecule has 6 nitrogen and oxygen atoms in total. The van der Waals surface area contributed by atoms with Gasteiger partial charge < -0.3 is 18.9 Å². The number of rotatable bonds is 14. The highest BCUT2D eigenvalue weighted by molar-refractivity contribution is 6.33. The number of methoxy groups -OCH3 is 4. The van der Waals surface area contributed by atoms with Gasteiger partial charge in [-0.1, -0.05) is 83.2 Å². The molecule has 0 unspecified atom stereocenters. The van der Waals surface area contributed by atoms with Crippen LogP contribution in [0.5, 0.6) is 11.5 Å². The molecule has 6 rings (SSSR count). The second kappa shape index (κ2) is 18.3. The van der Waals surface area contributed by atoms with Crippen molar-refractivity contribution < 1.29 is 28.5 Å². The number of fused-ring (bicyclic) bond motifs is 5. The van der Waals surface area contributed by atoms with Crippen LogP contribution in [0, 0.1) is 58.2 Å². The Morgan fingerprint density at radius 1 is 0.754 bits per heavy atom. The maximum atomic E-state index is 12.9. The number of ether oxygens (including phenoxy) is 4. The van der Waals surface area contributed by atoms with Crippen LogP contribution in [0.4, 0.5) is 0 Å². The zero-order valence-corrected chi connectivity index (χ0v) is 37.6.